The van der Waals surface area contributed by atoms with E-state index >= 15 is 0 Å². The van der Waals surface area contributed by atoms with E-state index in [0.717, 1.165) is 43.4 Å². The number of pyridine rings is 2. The molecule has 0 amide bonds. The first-order chi connectivity index (χ1) is 17.8. The van der Waals surface area contributed by atoms with Gasteiger partial charge in [0.1, 0.15) is 0 Å². The first-order valence-corrected chi connectivity index (χ1v) is 11.4. The van der Waals surface area contributed by atoms with Gasteiger partial charge in [0.25, 0.3) is 0 Å². The predicted octanol–water partition coefficient (Wildman–Crippen LogP) is 7.67. The number of hydrogen-bond acceptors (Lipinski definition) is 3. The zero-order valence-electron chi connectivity index (χ0n) is 19.7. The number of allylic oxidation sites excluding steroid dienone is 2. The van der Waals surface area contributed by atoms with Crippen LogP contribution in [0, 0.1) is 49.4 Å². The monoisotopic (exact) mass is 650 g/mol. The van der Waals surface area contributed by atoms with Gasteiger partial charge in [-0.05, 0) is 45.8 Å². The van der Waals surface area contributed by atoms with Crippen LogP contribution in [0.5, 0.6) is 0 Å². The van der Waals surface area contributed by atoms with E-state index in [1.807, 2.05) is 48.5 Å². The Balaban J connectivity index is 0.000000191. The van der Waals surface area contributed by atoms with Crippen LogP contribution in [-0.4, -0.2) is 31.8 Å². The minimum Gasteiger partial charge on any atom is -0.504 e. The van der Waals surface area contributed by atoms with E-state index < -0.39 is 17.7 Å². The number of alkyl halides is 3. The van der Waals surface area contributed by atoms with Gasteiger partial charge in [-0.15, -0.1) is 0 Å². The summed E-state index contributed by atoms with van der Waals surface area (Å²) in [7, 11) is 0. The maximum atomic E-state index is 12.3. The van der Waals surface area contributed by atoms with Gasteiger partial charge < -0.3 is 5.11 Å². The van der Waals surface area contributed by atoms with E-state index in [2.05, 4.69) is 34.2 Å². The van der Waals surface area contributed by atoms with Gasteiger partial charge in [0, 0.05) is 72.5 Å². The molecule has 1 radical (unpaired) electrons. The third kappa shape index (κ3) is 5.93. The van der Waals surface area contributed by atoms with Crippen molar-refractivity contribution < 1.29 is 72.4 Å². The summed E-state index contributed by atoms with van der Waals surface area (Å²) in [6.07, 6.45) is -0.975. The molecule has 6 aromatic rings. The fourth-order valence-electron chi connectivity index (χ4n) is 4.14. The summed E-state index contributed by atoms with van der Waals surface area (Å²) in [6.45, 7) is 0. The molecule has 4 nitrogen and oxygen atoms in total. The Labute approximate surface area is 256 Å². The molecule has 0 saturated carbocycles. The first kappa shape index (κ1) is 27.8. The van der Waals surface area contributed by atoms with Crippen molar-refractivity contribution >= 4 is 49.1 Å². The van der Waals surface area contributed by atoms with Crippen molar-refractivity contribution in [2.45, 2.75) is 6.18 Å². The van der Waals surface area contributed by atoms with Crippen molar-refractivity contribution in [2.75, 3.05) is 0 Å². The summed E-state index contributed by atoms with van der Waals surface area (Å²) in [5, 5.41) is 14.9. The number of ketones is 1. The minimum absolute atomic E-state index is 0. The van der Waals surface area contributed by atoms with Crippen LogP contribution in [0.2, 0.25) is 0 Å². The topological polar surface area (TPSA) is 67.4 Å². The number of fused-ring (bicyclic) bond motifs is 6. The molecule has 0 unspecified atom stereocenters. The molecule has 8 heteroatoms. The van der Waals surface area contributed by atoms with Crippen molar-refractivity contribution in [3.05, 3.63) is 121 Å². The zero-order chi connectivity index (χ0) is 26.0. The number of benzene rings is 4. The average Bonchev–Trinajstić information content (AvgIpc) is 2.92. The van der Waals surface area contributed by atoms with E-state index in [1.54, 1.807) is 24.5 Å². The van der Waals surface area contributed by atoms with Crippen LogP contribution >= 0.6 is 0 Å². The molecule has 4 aromatic carbocycles. The van der Waals surface area contributed by atoms with Gasteiger partial charge >= 0.3 is 12.0 Å². The molecule has 6 rings (SSSR count). The van der Waals surface area contributed by atoms with Crippen LogP contribution in [0.25, 0.3) is 43.4 Å². The molecule has 0 bridgehead atoms. The molecule has 2 heterocycles. The largest absolute Gasteiger partial charge is 0.504 e. The standard InChI is InChI=1S/C18H11F3O2.C12H8N2.Eu/c19-18(20,21)17(23)10-16(22)13-8-7-12-6-5-11-3-1-2-4-14(11)15(12)9-13;1-3-9-5-6-10-4-2-8-14-12(10)11(9)13-7-1;/h1-10,23H;1-8H;/p+1/b17-10-;;. The summed E-state index contributed by atoms with van der Waals surface area (Å²) in [5.74, 6) is -2.48. The van der Waals surface area contributed by atoms with E-state index in [-0.39, 0.29) is 54.9 Å². The van der Waals surface area contributed by atoms with Crippen LogP contribution < -0.4 is 0 Å². The number of carbonyl (C=O) groups excluding carboxylic acids is 1. The molecule has 0 fully saturated rings. The van der Waals surface area contributed by atoms with Crippen LogP contribution in [-0.2, 0) is 0 Å². The fraction of sp³-hybridized carbons (Fsp3) is 0.0333. The van der Waals surface area contributed by atoms with Crippen molar-refractivity contribution in [2.24, 2.45) is 0 Å². The Bertz CT molecular complexity index is 1760. The molecule has 0 spiro atoms. The van der Waals surface area contributed by atoms with E-state index in [0.29, 0.717) is 6.08 Å². The fourth-order valence-corrected chi connectivity index (χ4v) is 4.14. The second-order valence-corrected chi connectivity index (χ2v) is 8.35. The molecule has 38 heavy (non-hydrogen) atoms. The van der Waals surface area contributed by atoms with E-state index in [1.165, 1.54) is 6.07 Å². The first-order valence-electron chi connectivity index (χ1n) is 11.4. The summed E-state index contributed by atoms with van der Waals surface area (Å²) < 4.78 is 37.0. The van der Waals surface area contributed by atoms with Gasteiger partial charge in [0.15, 0.2) is 0 Å². The molecule has 2 aromatic heterocycles. The second kappa shape index (κ2) is 11.7. The maximum absolute atomic E-state index is 12.3. The number of aromatic nitrogens is 2. The summed E-state index contributed by atoms with van der Waals surface area (Å²) in [6, 6.07) is 28.4. The molecule has 2 N–H and O–H groups in total. The van der Waals surface area contributed by atoms with Crippen LogP contribution in [0.1, 0.15) is 5.56 Å². The molecule has 189 valence electrons. The average molecular weight is 649 g/mol. The molecule has 0 atom stereocenters. The maximum Gasteiger partial charge on any atom is 0.449 e. The number of rotatable bonds is 2. The van der Waals surface area contributed by atoms with Crippen molar-refractivity contribution in [1.82, 2.24) is 9.97 Å². The van der Waals surface area contributed by atoms with E-state index in [9.17, 15) is 18.0 Å². The summed E-state index contributed by atoms with van der Waals surface area (Å²) >= 11 is 0. The number of aliphatic hydroxyl groups excluding tert-OH is 1. The Hall–Kier alpha value is -3.20. The zero-order valence-corrected chi connectivity index (χ0v) is 22.1. The smallest absolute Gasteiger partial charge is 0.449 e. The Morgan fingerprint density at radius 1 is 0.684 bits per heavy atom. The number of hydrogen-bond donors (Lipinski definition) is 1. The van der Waals surface area contributed by atoms with Crippen molar-refractivity contribution in [3.8, 4) is 0 Å². The number of nitrogens with zero attached hydrogens (tertiary/aromatic N) is 2. The Kier molecular flexibility index (Phi) is 8.55. The summed E-state index contributed by atoms with van der Waals surface area (Å²) in [5.41, 5.74) is 2.15. The van der Waals surface area contributed by atoms with Crippen LogP contribution in [0.3, 0.4) is 0 Å². The Morgan fingerprint density at radius 2 is 1.18 bits per heavy atom. The molecule has 0 aliphatic heterocycles. The van der Waals surface area contributed by atoms with Gasteiger partial charge in [0.05, 0.1) is 22.7 Å². The molecule has 0 aliphatic rings. The Morgan fingerprint density at radius 3 is 1.79 bits per heavy atom. The molecule has 0 aliphatic carbocycles. The van der Waals surface area contributed by atoms with Crippen molar-refractivity contribution in [1.29, 1.82) is 0 Å². The van der Waals surface area contributed by atoms with Gasteiger partial charge in [-0.1, -0.05) is 66.7 Å². The normalized spacial score (nSPS) is 11.7. The van der Waals surface area contributed by atoms with Gasteiger partial charge in [-0.2, -0.15) is 13.2 Å². The SMILES string of the molecule is O/C(=C\C(=[OH+])c1ccc2ccc3ccccc3c2c1)C(F)(F)F.[Eu].c1cnc2c(c1)ccc1cccnc12. The number of aliphatic hydroxyl groups is 1. The summed E-state index contributed by atoms with van der Waals surface area (Å²) in [4.78, 5) is 18.6. The van der Waals surface area contributed by atoms with Gasteiger partial charge in [-0.3, -0.25) is 14.8 Å². The van der Waals surface area contributed by atoms with Gasteiger partial charge in [0.2, 0.25) is 5.76 Å². The third-order valence-electron chi connectivity index (χ3n) is 5.95. The van der Waals surface area contributed by atoms with Crippen LogP contribution in [0.15, 0.2) is 115 Å². The van der Waals surface area contributed by atoms with Crippen molar-refractivity contribution in [3.63, 3.8) is 0 Å². The molecule has 0 saturated heterocycles. The van der Waals surface area contributed by atoms with Crippen LogP contribution in [0.4, 0.5) is 13.2 Å². The third-order valence-corrected chi connectivity index (χ3v) is 5.95. The number of halogens is 3. The molecular weight excluding hydrogens is 629 g/mol. The van der Waals surface area contributed by atoms with Gasteiger partial charge in [-0.25, -0.2) is 0 Å². The molecular formula is C30H20EuF3N2O2+. The quantitative estimate of drug-likeness (QED) is 0.0689. The predicted molar refractivity (Wildman–Crippen MR) is 141 cm³/mol. The minimum atomic E-state index is -4.89. The van der Waals surface area contributed by atoms with E-state index in [4.69, 9.17) is 5.11 Å². The second-order valence-electron chi connectivity index (χ2n) is 8.35.